The first kappa shape index (κ1) is 15.9. The van der Waals surface area contributed by atoms with Gasteiger partial charge in [-0.3, -0.25) is 9.48 Å². The van der Waals surface area contributed by atoms with Gasteiger partial charge in [0.15, 0.2) is 10.8 Å². The molecule has 6 nitrogen and oxygen atoms in total. The summed E-state index contributed by atoms with van der Waals surface area (Å²) in [5.41, 5.74) is 2.86. The Morgan fingerprint density at radius 3 is 2.52 bits per heavy atom. The Labute approximate surface area is 128 Å². The Kier molecular flexibility index (Phi) is 4.92. The number of aromatic nitrogens is 4. The molecule has 0 amide bonds. The lowest BCUT2D eigenvalue weighted by Crippen LogP contribution is -2.12. The fourth-order valence-corrected chi connectivity index (χ4v) is 3.41. The van der Waals surface area contributed by atoms with E-state index >= 15 is 0 Å². The maximum atomic E-state index is 10.9. The first-order chi connectivity index (χ1) is 10.0. The molecule has 0 fully saturated rings. The van der Waals surface area contributed by atoms with Gasteiger partial charge in [0.05, 0.1) is 11.4 Å². The van der Waals surface area contributed by atoms with Crippen molar-refractivity contribution in [1.82, 2.24) is 19.3 Å². The third-order valence-electron chi connectivity index (χ3n) is 3.67. The summed E-state index contributed by atoms with van der Waals surface area (Å²) >= 11 is 1.28. The molecular weight excluding hydrogens is 288 g/mol. The standard InChI is InChI=1S/C14H22N4O2S/c1-5-9(6-2)18-13-12(10(7-3)16-17(13)4)15-14(18)21-8-11(19)20/h9H,5-8H2,1-4H3,(H,19,20). The van der Waals surface area contributed by atoms with E-state index < -0.39 is 5.97 Å². The number of carbonyl (C=O) groups is 1. The van der Waals surface area contributed by atoms with E-state index in [9.17, 15) is 4.79 Å². The first-order valence-corrected chi connectivity index (χ1v) is 8.30. The van der Waals surface area contributed by atoms with Crippen LogP contribution in [0.15, 0.2) is 5.16 Å². The molecule has 0 bridgehead atoms. The third kappa shape index (κ3) is 2.92. The second kappa shape index (κ2) is 6.51. The zero-order valence-corrected chi connectivity index (χ0v) is 13.8. The molecular formula is C14H22N4O2S. The normalized spacial score (nSPS) is 11.7. The molecule has 2 aromatic heterocycles. The molecule has 0 saturated heterocycles. The third-order valence-corrected chi connectivity index (χ3v) is 4.61. The van der Waals surface area contributed by atoms with Crippen molar-refractivity contribution in [2.24, 2.45) is 7.05 Å². The van der Waals surface area contributed by atoms with Gasteiger partial charge in [-0.25, -0.2) is 4.98 Å². The Bertz CT molecular complexity index is 643. The molecule has 0 spiro atoms. The van der Waals surface area contributed by atoms with E-state index in [4.69, 9.17) is 5.11 Å². The number of hydrogen-bond donors (Lipinski definition) is 1. The van der Waals surface area contributed by atoms with Crippen molar-refractivity contribution in [3.63, 3.8) is 0 Å². The van der Waals surface area contributed by atoms with Gasteiger partial charge in [0, 0.05) is 13.1 Å². The molecule has 0 aliphatic carbocycles. The number of nitrogens with zero attached hydrogens (tertiary/aromatic N) is 4. The van der Waals surface area contributed by atoms with E-state index in [1.807, 2.05) is 11.7 Å². The van der Waals surface area contributed by atoms with Gasteiger partial charge in [0.1, 0.15) is 5.52 Å². The zero-order chi connectivity index (χ0) is 15.6. The van der Waals surface area contributed by atoms with Crippen LogP contribution in [0.25, 0.3) is 11.2 Å². The molecule has 2 heterocycles. The monoisotopic (exact) mass is 310 g/mol. The quantitative estimate of drug-likeness (QED) is 0.796. The van der Waals surface area contributed by atoms with E-state index in [2.05, 4.69) is 35.4 Å². The summed E-state index contributed by atoms with van der Waals surface area (Å²) in [5.74, 6) is -0.796. The van der Waals surface area contributed by atoms with Crippen LogP contribution in [0.1, 0.15) is 45.3 Å². The number of imidazole rings is 1. The summed E-state index contributed by atoms with van der Waals surface area (Å²) in [4.78, 5) is 15.5. The topological polar surface area (TPSA) is 72.9 Å². The van der Waals surface area contributed by atoms with Crippen molar-refractivity contribution in [1.29, 1.82) is 0 Å². The molecule has 0 aromatic carbocycles. The minimum atomic E-state index is -0.822. The minimum absolute atomic E-state index is 0.0261. The summed E-state index contributed by atoms with van der Waals surface area (Å²) < 4.78 is 4.03. The fourth-order valence-electron chi connectivity index (χ4n) is 2.63. The molecule has 1 N–H and O–H groups in total. The number of carboxylic acids is 1. The van der Waals surface area contributed by atoms with Crippen molar-refractivity contribution < 1.29 is 9.90 Å². The molecule has 7 heteroatoms. The van der Waals surface area contributed by atoms with Crippen molar-refractivity contribution >= 4 is 28.9 Å². The predicted molar refractivity (Wildman–Crippen MR) is 83.9 cm³/mol. The van der Waals surface area contributed by atoms with Crippen LogP contribution in [0.3, 0.4) is 0 Å². The Balaban J connectivity index is 2.59. The number of carboxylic acid groups (broad SMARTS) is 1. The molecule has 21 heavy (non-hydrogen) atoms. The second-order valence-corrected chi connectivity index (χ2v) is 5.96. The summed E-state index contributed by atoms with van der Waals surface area (Å²) in [6.45, 7) is 6.34. The summed E-state index contributed by atoms with van der Waals surface area (Å²) in [6.07, 6.45) is 2.78. The summed E-state index contributed by atoms with van der Waals surface area (Å²) in [6, 6.07) is 0.311. The van der Waals surface area contributed by atoms with Crippen LogP contribution in [-0.4, -0.2) is 36.2 Å². The van der Waals surface area contributed by atoms with Crippen LogP contribution in [-0.2, 0) is 18.3 Å². The highest BCUT2D eigenvalue weighted by Crippen LogP contribution is 2.32. The Hall–Kier alpha value is -1.50. The van der Waals surface area contributed by atoms with Gasteiger partial charge in [0.2, 0.25) is 0 Å². The SMILES string of the molecule is CCc1nn(C)c2c1nc(SCC(=O)O)n2C(CC)CC. The largest absolute Gasteiger partial charge is 0.481 e. The van der Waals surface area contributed by atoms with E-state index in [1.54, 1.807) is 0 Å². The van der Waals surface area contributed by atoms with Crippen LogP contribution in [0.5, 0.6) is 0 Å². The molecule has 0 radical (unpaired) electrons. The Morgan fingerprint density at radius 2 is 2.00 bits per heavy atom. The van der Waals surface area contributed by atoms with Crippen LogP contribution in [0.2, 0.25) is 0 Å². The van der Waals surface area contributed by atoms with Gasteiger partial charge in [-0.05, 0) is 19.3 Å². The van der Waals surface area contributed by atoms with Crippen molar-refractivity contribution in [2.75, 3.05) is 5.75 Å². The first-order valence-electron chi connectivity index (χ1n) is 7.31. The molecule has 0 atom stereocenters. The number of aryl methyl sites for hydroxylation is 2. The zero-order valence-electron chi connectivity index (χ0n) is 13.0. The molecule has 0 aliphatic rings. The van der Waals surface area contributed by atoms with Crippen molar-refractivity contribution in [2.45, 2.75) is 51.2 Å². The highest BCUT2D eigenvalue weighted by molar-refractivity contribution is 7.99. The van der Waals surface area contributed by atoms with E-state index in [1.165, 1.54) is 11.8 Å². The van der Waals surface area contributed by atoms with Gasteiger partial charge in [-0.1, -0.05) is 32.5 Å². The smallest absolute Gasteiger partial charge is 0.313 e. The number of hydrogen-bond acceptors (Lipinski definition) is 4. The highest BCUT2D eigenvalue weighted by Gasteiger charge is 2.23. The number of rotatable bonds is 7. The van der Waals surface area contributed by atoms with Crippen LogP contribution >= 0.6 is 11.8 Å². The summed E-state index contributed by atoms with van der Waals surface area (Å²) in [5, 5.41) is 14.2. The molecule has 0 unspecified atom stereocenters. The molecule has 2 rings (SSSR count). The lowest BCUT2D eigenvalue weighted by molar-refractivity contribution is -0.133. The lowest BCUT2D eigenvalue weighted by Gasteiger charge is -2.18. The maximum absolute atomic E-state index is 10.9. The van der Waals surface area contributed by atoms with Gasteiger partial charge in [-0.2, -0.15) is 5.10 Å². The van der Waals surface area contributed by atoms with Crippen LogP contribution in [0.4, 0.5) is 0 Å². The Morgan fingerprint density at radius 1 is 1.33 bits per heavy atom. The minimum Gasteiger partial charge on any atom is -0.481 e. The molecule has 116 valence electrons. The maximum Gasteiger partial charge on any atom is 0.313 e. The highest BCUT2D eigenvalue weighted by atomic mass is 32.2. The average Bonchev–Trinajstić information content (AvgIpc) is 2.97. The van der Waals surface area contributed by atoms with E-state index in [-0.39, 0.29) is 5.75 Å². The van der Waals surface area contributed by atoms with Gasteiger partial charge in [-0.15, -0.1) is 0 Å². The van der Waals surface area contributed by atoms with Crippen molar-refractivity contribution in [3.05, 3.63) is 5.69 Å². The van der Waals surface area contributed by atoms with Crippen molar-refractivity contribution in [3.8, 4) is 0 Å². The average molecular weight is 310 g/mol. The van der Waals surface area contributed by atoms with Gasteiger partial charge < -0.3 is 9.67 Å². The van der Waals surface area contributed by atoms with E-state index in [0.29, 0.717) is 6.04 Å². The fraction of sp³-hybridized carbons (Fsp3) is 0.643. The molecule has 2 aromatic rings. The predicted octanol–water partition coefficient (Wildman–Crippen LogP) is 2.87. The summed E-state index contributed by atoms with van der Waals surface area (Å²) in [7, 11) is 1.92. The molecule has 0 aliphatic heterocycles. The van der Waals surface area contributed by atoms with Crippen LogP contribution < -0.4 is 0 Å². The second-order valence-electron chi connectivity index (χ2n) is 5.01. The van der Waals surface area contributed by atoms with Crippen LogP contribution in [0, 0.1) is 0 Å². The lowest BCUT2D eigenvalue weighted by atomic mass is 10.2. The number of aliphatic carboxylic acids is 1. The molecule has 0 saturated carbocycles. The van der Waals surface area contributed by atoms with E-state index in [0.717, 1.165) is 41.3 Å². The number of thioether (sulfide) groups is 1. The number of fused-ring (bicyclic) bond motifs is 1. The van der Waals surface area contributed by atoms with Gasteiger partial charge in [0.25, 0.3) is 0 Å². The van der Waals surface area contributed by atoms with Gasteiger partial charge >= 0.3 is 5.97 Å².